The van der Waals surface area contributed by atoms with Crippen LogP contribution in [0.15, 0.2) is 28.2 Å². The fraction of sp³-hybridized carbons (Fsp3) is 0.412. The predicted molar refractivity (Wildman–Crippen MR) is 91.4 cm³/mol. The fourth-order valence-electron chi connectivity index (χ4n) is 1.73. The van der Waals surface area contributed by atoms with Crippen molar-refractivity contribution in [3.8, 4) is 11.8 Å². The molecule has 1 aromatic rings. The number of rotatable bonds is 7. The van der Waals surface area contributed by atoms with E-state index in [1.54, 1.807) is 6.08 Å². The number of carbonyl (C=O) groups is 1. The van der Waals surface area contributed by atoms with E-state index in [-0.39, 0.29) is 17.5 Å². The molecular weight excluding hydrogens is 344 g/mol. The highest BCUT2D eigenvalue weighted by Gasteiger charge is 2.12. The van der Waals surface area contributed by atoms with Crippen molar-refractivity contribution in [1.29, 1.82) is 5.26 Å². The Labute approximate surface area is 140 Å². The summed E-state index contributed by atoms with van der Waals surface area (Å²) in [5, 5.41) is 11.9. The van der Waals surface area contributed by atoms with Gasteiger partial charge in [0.1, 0.15) is 17.4 Å². The molecule has 1 amide bonds. The summed E-state index contributed by atoms with van der Waals surface area (Å²) in [4.78, 5) is 12.0. The summed E-state index contributed by atoms with van der Waals surface area (Å²) in [6, 6.07) is 7.47. The van der Waals surface area contributed by atoms with E-state index in [4.69, 9.17) is 4.74 Å². The molecule has 0 aliphatic carbocycles. The molecule has 0 atom stereocenters. The quantitative estimate of drug-likeness (QED) is 0.450. The van der Waals surface area contributed by atoms with Gasteiger partial charge in [-0.1, -0.05) is 29.3 Å². The van der Waals surface area contributed by atoms with Crippen LogP contribution in [-0.4, -0.2) is 18.6 Å². The summed E-state index contributed by atoms with van der Waals surface area (Å²) in [5.41, 5.74) is 0.771. The van der Waals surface area contributed by atoms with Crippen molar-refractivity contribution in [2.75, 3.05) is 6.61 Å². The lowest BCUT2D eigenvalue weighted by Gasteiger charge is -2.11. The van der Waals surface area contributed by atoms with Gasteiger partial charge in [-0.05, 0) is 44.5 Å². The van der Waals surface area contributed by atoms with Gasteiger partial charge in [-0.15, -0.1) is 0 Å². The van der Waals surface area contributed by atoms with Crippen LogP contribution in [-0.2, 0) is 4.79 Å². The minimum absolute atomic E-state index is 0.0213. The number of nitrogens with one attached hydrogen (secondary N) is 1. The second-order valence-corrected chi connectivity index (χ2v) is 6.10. The maximum absolute atomic E-state index is 12.0. The highest BCUT2D eigenvalue weighted by atomic mass is 79.9. The monoisotopic (exact) mass is 364 g/mol. The third-order valence-electron chi connectivity index (χ3n) is 2.81. The van der Waals surface area contributed by atoms with Gasteiger partial charge >= 0.3 is 0 Å². The number of ether oxygens (including phenoxy) is 1. The van der Waals surface area contributed by atoms with Crippen molar-refractivity contribution in [2.45, 2.75) is 39.7 Å². The second-order valence-electron chi connectivity index (χ2n) is 5.18. The van der Waals surface area contributed by atoms with E-state index < -0.39 is 0 Å². The molecule has 0 saturated heterocycles. The van der Waals surface area contributed by atoms with Crippen LogP contribution in [0, 0.1) is 11.3 Å². The SMILES string of the molecule is CCCCOc1ccc(Br)cc1/C=C(\C#N)C(=O)NC(C)C. The predicted octanol–water partition coefficient (Wildman–Crippen LogP) is 4.06. The molecule has 5 heteroatoms. The maximum atomic E-state index is 12.0. The molecule has 0 bridgehead atoms. The Bertz CT molecular complexity index is 589. The van der Waals surface area contributed by atoms with Gasteiger partial charge < -0.3 is 10.1 Å². The zero-order valence-electron chi connectivity index (χ0n) is 13.1. The Hall–Kier alpha value is -1.80. The van der Waals surface area contributed by atoms with Gasteiger partial charge in [0.2, 0.25) is 0 Å². The van der Waals surface area contributed by atoms with Crippen molar-refractivity contribution in [3.63, 3.8) is 0 Å². The number of unbranched alkanes of at least 4 members (excludes halogenated alkanes) is 1. The number of hydrogen-bond donors (Lipinski definition) is 1. The maximum Gasteiger partial charge on any atom is 0.262 e. The van der Waals surface area contributed by atoms with Gasteiger partial charge in [-0.3, -0.25) is 4.79 Å². The van der Waals surface area contributed by atoms with Crippen LogP contribution < -0.4 is 10.1 Å². The molecule has 0 fully saturated rings. The lowest BCUT2D eigenvalue weighted by atomic mass is 10.1. The number of nitrogens with zero attached hydrogens (tertiary/aromatic N) is 1. The van der Waals surface area contributed by atoms with E-state index >= 15 is 0 Å². The van der Waals surface area contributed by atoms with E-state index in [0.717, 1.165) is 17.3 Å². The molecule has 4 nitrogen and oxygen atoms in total. The van der Waals surface area contributed by atoms with E-state index in [9.17, 15) is 10.1 Å². The molecule has 22 heavy (non-hydrogen) atoms. The van der Waals surface area contributed by atoms with Crippen molar-refractivity contribution >= 4 is 27.9 Å². The summed E-state index contributed by atoms with van der Waals surface area (Å²) in [7, 11) is 0. The minimum Gasteiger partial charge on any atom is -0.493 e. The van der Waals surface area contributed by atoms with Gasteiger partial charge in [0, 0.05) is 16.1 Å². The standard InChI is InChI=1S/C17H21BrN2O2/c1-4-5-8-22-16-7-6-15(18)10-13(16)9-14(11-19)17(21)20-12(2)3/h6-7,9-10,12H,4-5,8H2,1-3H3,(H,20,21)/b14-9+. The number of nitriles is 1. The van der Waals surface area contributed by atoms with Crippen LogP contribution >= 0.6 is 15.9 Å². The van der Waals surface area contributed by atoms with E-state index in [1.807, 2.05) is 38.1 Å². The molecule has 0 saturated carbocycles. The first-order valence-electron chi connectivity index (χ1n) is 7.33. The molecule has 1 rings (SSSR count). The first-order valence-corrected chi connectivity index (χ1v) is 8.12. The van der Waals surface area contributed by atoms with Crippen LogP contribution in [0.1, 0.15) is 39.2 Å². The minimum atomic E-state index is -0.378. The van der Waals surface area contributed by atoms with Gasteiger partial charge in [0.05, 0.1) is 6.61 Å². The molecule has 0 radical (unpaired) electrons. The number of carbonyl (C=O) groups excluding carboxylic acids is 1. The Balaban J connectivity index is 3.06. The third kappa shape index (κ3) is 5.90. The molecule has 1 aromatic carbocycles. The number of benzene rings is 1. The zero-order chi connectivity index (χ0) is 16.5. The van der Waals surface area contributed by atoms with Gasteiger partial charge in [0.15, 0.2) is 0 Å². The van der Waals surface area contributed by atoms with Crippen molar-refractivity contribution in [2.24, 2.45) is 0 Å². The lowest BCUT2D eigenvalue weighted by Crippen LogP contribution is -2.30. The zero-order valence-corrected chi connectivity index (χ0v) is 14.7. The Morgan fingerprint density at radius 2 is 2.23 bits per heavy atom. The molecule has 118 valence electrons. The van der Waals surface area contributed by atoms with E-state index in [2.05, 4.69) is 28.2 Å². The summed E-state index contributed by atoms with van der Waals surface area (Å²) in [6.07, 6.45) is 3.56. The molecule has 0 aliphatic rings. The van der Waals surface area contributed by atoms with Crippen LogP contribution in [0.2, 0.25) is 0 Å². The first kappa shape index (κ1) is 18.2. The first-order chi connectivity index (χ1) is 10.5. The molecule has 0 unspecified atom stereocenters. The highest BCUT2D eigenvalue weighted by molar-refractivity contribution is 9.10. The molecule has 1 N–H and O–H groups in total. The average molecular weight is 365 g/mol. The van der Waals surface area contributed by atoms with Crippen molar-refractivity contribution in [3.05, 3.63) is 33.8 Å². The topological polar surface area (TPSA) is 62.1 Å². The smallest absolute Gasteiger partial charge is 0.262 e. The summed E-state index contributed by atoms with van der Waals surface area (Å²) < 4.78 is 6.60. The number of amides is 1. The largest absolute Gasteiger partial charge is 0.493 e. The van der Waals surface area contributed by atoms with E-state index in [0.29, 0.717) is 17.9 Å². The number of halogens is 1. The van der Waals surface area contributed by atoms with Crippen molar-refractivity contribution in [1.82, 2.24) is 5.32 Å². The Morgan fingerprint density at radius 3 is 2.82 bits per heavy atom. The highest BCUT2D eigenvalue weighted by Crippen LogP contribution is 2.26. The number of hydrogen-bond acceptors (Lipinski definition) is 3. The lowest BCUT2D eigenvalue weighted by molar-refractivity contribution is -0.117. The summed E-state index contributed by atoms with van der Waals surface area (Å²) in [5.74, 6) is 0.290. The normalized spacial score (nSPS) is 11.2. The fourth-order valence-corrected chi connectivity index (χ4v) is 2.11. The van der Waals surface area contributed by atoms with Gasteiger partial charge in [-0.25, -0.2) is 0 Å². The molecular formula is C17H21BrN2O2. The van der Waals surface area contributed by atoms with Gasteiger partial charge in [0.25, 0.3) is 5.91 Å². The van der Waals surface area contributed by atoms with Gasteiger partial charge in [-0.2, -0.15) is 5.26 Å². The van der Waals surface area contributed by atoms with Crippen molar-refractivity contribution < 1.29 is 9.53 Å². The second kappa shape index (κ2) is 9.26. The Kier molecular flexibility index (Phi) is 7.69. The molecule has 0 spiro atoms. The van der Waals surface area contributed by atoms with Crippen LogP contribution in [0.5, 0.6) is 5.75 Å². The molecule has 0 heterocycles. The van der Waals surface area contributed by atoms with Crippen LogP contribution in [0.4, 0.5) is 0 Å². The molecule has 0 aliphatic heterocycles. The Morgan fingerprint density at radius 1 is 1.50 bits per heavy atom. The van der Waals surface area contributed by atoms with Crippen LogP contribution in [0.25, 0.3) is 6.08 Å². The third-order valence-corrected chi connectivity index (χ3v) is 3.31. The van der Waals surface area contributed by atoms with Crippen LogP contribution in [0.3, 0.4) is 0 Å². The average Bonchev–Trinajstić information content (AvgIpc) is 2.46. The van der Waals surface area contributed by atoms with E-state index in [1.165, 1.54) is 0 Å². The molecule has 0 aromatic heterocycles. The summed E-state index contributed by atoms with van der Waals surface area (Å²) in [6.45, 7) is 6.41. The summed E-state index contributed by atoms with van der Waals surface area (Å²) >= 11 is 3.40.